The van der Waals surface area contributed by atoms with Crippen LogP contribution in [-0.4, -0.2) is 9.97 Å². The maximum absolute atomic E-state index is 5.53. The molecular weight excluding hydrogens is 244 g/mol. The summed E-state index contributed by atoms with van der Waals surface area (Å²) >= 11 is 3.27. The summed E-state index contributed by atoms with van der Waals surface area (Å²) < 4.78 is 6.34. The Bertz CT molecular complexity index is 439. The van der Waals surface area contributed by atoms with E-state index in [1.807, 2.05) is 31.2 Å². The molecule has 0 aliphatic heterocycles. The number of aromatic amines is 1. The zero-order valence-corrected chi connectivity index (χ0v) is 9.21. The Balaban J connectivity index is 2.23. The second-order valence-corrected chi connectivity index (χ2v) is 3.76. The molecule has 0 fully saturated rings. The lowest BCUT2D eigenvalue weighted by atomic mass is 10.2. The van der Waals surface area contributed by atoms with E-state index in [0.717, 1.165) is 15.9 Å². The average Bonchev–Trinajstić information content (AvgIpc) is 2.56. The highest BCUT2D eigenvalue weighted by atomic mass is 79.9. The zero-order chi connectivity index (χ0) is 9.97. The Morgan fingerprint density at radius 2 is 2.14 bits per heavy atom. The third kappa shape index (κ3) is 1.96. The van der Waals surface area contributed by atoms with Gasteiger partial charge in [-0.25, -0.2) is 4.98 Å². The number of hydrogen-bond donors (Lipinski definition) is 1. The molecule has 1 aromatic heterocycles. The van der Waals surface area contributed by atoms with Crippen molar-refractivity contribution in [1.29, 1.82) is 0 Å². The number of rotatable bonds is 2. The van der Waals surface area contributed by atoms with Gasteiger partial charge in [0.05, 0.1) is 6.20 Å². The van der Waals surface area contributed by atoms with Crippen molar-refractivity contribution in [1.82, 2.24) is 9.97 Å². The highest BCUT2D eigenvalue weighted by Gasteiger charge is 2.02. The molecule has 1 heterocycles. The summed E-state index contributed by atoms with van der Waals surface area (Å²) in [6.07, 6.45) is 1.66. The summed E-state index contributed by atoms with van der Waals surface area (Å²) in [7, 11) is 0. The molecule has 0 aliphatic rings. The lowest BCUT2D eigenvalue weighted by molar-refractivity contribution is 0.444. The Morgan fingerprint density at radius 1 is 1.36 bits per heavy atom. The van der Waals surface area contributed by atoms with Crippen molar-refractivity contribution in [2.75, 3.05) is 0 Å². The van der Waals surface area contributed by atoms with Crippen molar-refractivity contribution in [3.8, 4) is 11.8 Å². The predicted octanol–water partition coefficient (Wildman–Crippen LogP) is 3.27. The standard InChI is InChI=1S/C10H9BrN2O/c1-7-4-2-3-5-8(7)14-10-12-6-9(11)13-10/h2-6H,1H3,(H,12,13). The summed E-state index contributed by atoms with van der Waals surface area (Å²) in [5, 5.41) is 0. The summed E-state index contributed by atoms with van der Waals surface area (Å²) in [5.41, 5.74) is 1.08. The highest BCUT2D eigenvalue weighted by molar-refractivity contribution is 9.10. The molecule has 0 aliphatic carbocycles. The van der Waals surface area contributed by atoms with Gasteiger partial charge < -0.3 is 9.72 Å². The second-order valence-electron chi connectivity index (χ2n) is 2.90. The summed E-state index contributed by atoms with van der Waals surface area (Å²) in [5.74, 6) is 0.814. The van der Waals surface area contributed by atoms with E-state index in [2.05, 4.69) is 25.9 Å². The van der Waals surface area contributed by atoms with Gasteiger partial charge >= 0.3 is 0 Å². The molecule has 0 radical (unpaired) electrons. The van der Waals surface area contributed by atoms with Crippen LogP contribution in [0.5, 0.6) is 11.8 Å². The van der Waals surface area contributed by atoms with E-state index < -0.39 is 0 Å². The Labute approximate surface area is 90.3 Å². The first-order valence-corrected chi connectivity index (χ1v) is 4.99. The first kappa shape index (κ1) is 9.27. The third-order valence-electron chi connectivity index (χ3n) is 1.82. The van der Waals surface area contributed by atoms with Crippen molar-refractivity contribution < 1.29 is 4.74 Å². The number of nitrogens with one attached hydrogen (secondary N) is 1. The van der Waals surface area contributed by atoms with E-state index in [-0.39, 0.29) is 0 Å². The van der Waals surface area contributed by atoms with E-state index in [0.29, 0.717) is 6.01 Å². The van der Waals surface area contributed by atoms with E-state index in [9.17, 15) is 0 Å². The van der Waals surface area contributed by atoms with Crippen LogP contribution in [0.15, 0.2) is 35.1 Å². The Morgan fingerprint density at radius 3 is 2.79 bits per heavy atom. The number of aromatic nitrogens is 2. The second kappa shape index (κ2) is 3.84. The van der Waals surface area contributed by atoms with Gasteiger partial charge in [0.25, 0.3) is 6.01 Å². The number of nitrogens with zero attached hydrogens (tertiary/aromatic N) is 1. The van der Waals surface area contributed by atoms with E-state index in [1.54, 1.807) is 6.20 Å². The summed E-state index contributed by atoms with van der Waals surface area (Å²) in [4.78, 5) is 6.96. The fourth-order valence-electron chi connectivity index (χ4n) is 1.11. The van der Waals surface area contributed by atoms with Crippen LogP contribution < -0.4 is 4.74 Å². The molecule has 2 aromatic rings. The van der Waals surface area contributed by atoms with Crippen LogP contribution in [0.4, 0.5) is 0 Å². The van der Waals surface area contributed by atoms with E-state index in [1.165, 1.54) is 0 Å². The van der Waals surface area contributed by atoms with Crippen LogP contribution in [0, 0.1) is 6.92 Å². The number of hydrogen-bond acceptors (Lipinski definition) is 2. The molecule has 0 unspecified atom stereocenters. The maximum Gasteiger partial charge on any atom is 0.300 e. The van der Waals surface area contributed by atoms with Gasteiger partial charge in [-0.05, 0) is 34.5 Å². The van der Waals surface area contributed by atoms with Crippen molar-refractivity contribution in [2.45, 2.75) is 6.92 Å². The van der Waals surface area contributed by atoms with Crippen LogP contribution in [0.2, 0.25) is 0 Å². The molecule has 0 saturated heterocycles. The average molecular weight is 253 g/mol. The molecule has 0 saturated carbocycles. The van der Waals surface area contributed by atoms with Crippen LogP contribution in [0.1, 0.15) is 5.56 Å². The fourth-order valence-corrected chi connectivity index (χ4v) is 1.38. The van der Waals surface area contributed by atoms with Gasteiger partial charge in [-0.2, -0.15) is 0 Å². The smallest absolute Gasteiger partial charge is 0.300 e. The minimum Gasteiger partial charge on any atom is -0.425 e. The molecule has 0 spiro atoms. The normalized spacial score (nSPS) is 10.1. The van der Waals surface area contributed by atoms with Gasteiger partial charge in [0.15, 0.2) is 0 Å². The minimum atomic E-state index is 0.492. The first-order chi connectivity index (χ1) is 6.75. The Kier molecular flexibility index (Phi) is 2.54. The molecule has 1 N–H and O–H groups in total. The van der Waals surface area contributed by atoms with Crippen molar-refractivity contribution in [2.24, 2.45) is 0 Å². The molecule has 2 rings (SSSR count). The molecule has 3 nitrogen and oxygen atoms in total. The monoisotopic (exact) mass is 252 g/mol. The van der Waals surface area contributed by atoms with Crippen molar-refractivity contribution in [3.63, 3.8) is 0 Å². The topological polar surface area (TPSA) is 37.9 Å². The third-order valence-corrected chi connectivity index (χ3v) is 2.22. The molecule has 0 bridgehead atoms. The van der Waals surface area contributed by atoms with Gasteiger partial charge in [0, 0.05) is 0 Å². The molecule has 0 amide bonds. The van der Waals surface area contributed by atoms with Gasteiger partial charge in [0.1, 0.15) is 10.4 Å². The highest BCUT2D eigenvalue weighted by Crippen LogP contribution is 2.22. The molecule has 1 aromatic carbocycles. The van der Waals surface area contributed by atoms with Crippen LogP contribution in [0.25, 0.3) is 0 Å². The van der Waals surface area contributed by atoms with Gasteiger partial charge in [-0.1, -0.05) is 18.2 Å². The molecule has 14 heavy (non-hydrogen) atoms. The SMILES string of the molecule is Cc1ccccc1Oc1ncc(Br)[nH]1. The number of benzene rings is 1. The molecule has 72 valence electrons. The van der Waals surface area contributed by atoms with Crippen LogP contribution >= 0.6 is 15.9 Å². The van der Waals surface area contributed by atoms with Crippen LogP contribution in [0.3, 0.4) is 0 Å². The number of ether oxygens (including phenoxy) is 1. The fraction of sp³-hybridized carbons (Fsp3) is 0.100. The van der Waals surface area contributed by atoms with Gasteiger partial charge in [-0.3, -0.25) is 0 Å². The number of aryl methyl sites for hydroxylation is 1. The summed E-state index contributed by atoms with van der Waals surface area (Å²) in [6, 6.07) is 8.30. The van der Waals surface area contributed by atoms with E-state index >= 15 is 0 Å². The lowest BCUT2D eigenvalue weighted by Crippen LogP contribution is -1.88. The van der Waals surface area contributed by atoms with Crippen molar-refractivity contribution >= 4 is 15.9 Å². The molecule has 4 heteroatoms. The maximum atomic E-state index is 5.53. The largest absolute Gasteiger partial charge is 0.425 e. The number of imidazole rings is 1. The lowest BCUT2D eigenvalue weighted by Gasteiger charge is -2.04. The summed E-state index contributed by atoms with van der Waals surface area (Å²) in [6.45, 7) is 1.99. The number of H-pyrrole nitrogens is 1. The number of halogens is 1. The number of para-hydroxylation sites is 1. The van der Waals surface area contributed by atoms with Gasteiger partial charge in [-0.15, -0.1) is 0 Å². The van der Waals surface area contributed by atoms with E-state index in [4.69, 9.17) is 4.74 Å². The quantitative estimate of drug-likeness (QED) is 0.891. The Hall–Kier alpha value is -1.29. The van der Waals surface area contributed by atoms with Crippen LogP contribution in [-0.2, 0) is 0 Å². The zero-order valence-electron chi connectivity index (χ0n) is 7.62. The van der Waals surface area contributed by atoms with Crippen molar-refractivity contribution in [3.05, 3.63) is 40.6 Å². The minimum absolute atomic E-state index is 0.492. The van der Waals surface area contributed by atoms with Gasteiger partial charge in [0.2, 0.25) is 0 Å². The molecule has 0 atom stereocenters. The predicted molar refractivity (Wildman–Crippen MR) is 57.5 cm³/mol. The first-order valence-electron chi connectivity index (χ1n) is 4.20. The molecular formula is C10H9BrN2O.